The van der Waals surface area contributed by atoms with Crippen LogP contribution in [-0.4, -0.2) is 5.25 Å². The van der Waals surface area contributed by atoms with Crippen molar-refractivity contribution >= 4 is 11.8 Å². The Bertz CT molecular complexity index is 760. The lowest BCUT2D eigenvalue weighted by atomic mass is 9.88. The van der Waals surface area contributed by atoms with Gasteiger partial charge < -0.3 is 0 Å². The van der Waals surface area contributed by atoms with Crippen LogP contribution in [0.2, 0.25) is 0 Å². The molecule has 0 nitrogen and oxygen atoms in total. The molecule has 0 N–H and O–H groups in total. The quantitative estimate of drug-likeness (QED) is 0.599. The van der Waals surface area contributed by atoms with Crippen LogP contribution >= 0.6 is 11.8 Å². The number of hydrogen-bond acceptors (Lipinski definition) is 1. The van der Waals surface area contributed by atoms with Crippen LogP contribution in [0, 0.1) is 0 Å². The fraction of sp³-hybridized carbons (Fsp3) is 0.333. The molecule has 0 spiro atoms. The Morgan fingerprint density at radius 2 is 2.00 bits per heavy atom. The molecular formula is C21H22S. The summed E-state index contributed by atoms with van der Waals surface area (Å²) in [5.74, 6) is 0. The molecule has 4 aliphatic rings. The van der Waals surface area contributed by atoms with E-state index in [2.05, 4.69) is 57.2 Å². The number of rotatable bonds is 3. The maximum absolute atomic E-state index is 2.51. The zero-order chi connectivity index (χ0) is 15.3. The van der Waals surface area contributed by atoms with Gasteiger partial charge in [0.1, 0.15) is 0 Å². The summed E-state index contributed by atoms with van der Waals surface area (Å²) in [4.78, 5) is 1.48. The molecule has 1 aliphatic heterocycles. The standard InChI is InChI=1S/C21H22S/c1-13-10-17-11-19-14(2)15(3)22-21(19)12-20(17)18(13)9-8-16-6-4-5-7-16/h4-6,10-12,21H,7-9H2,1-3H3. The summed E-state index contributed by atoms with van der Waals surface area (Å²) in [5, 5.41) is 0.542. The van der Waals surface area contributed by atoms with Crippen molar-refractivity contribution in [3.63, 3.8) is 0 Å². The zero-order valence-corrected chi connectivity index (χ0v) is 14.4. The molecule has 0 fully saturated rings. The van der Waals surface area contributed by atoms with E-state index in [1.165, 1.54) is 45.6 Å². The third kappa shape index (κ3) is 2.23. The van der Waals surface area contributed by atoms with Crippen LogP contribution in [0.1, 0.15) is 40.0 Å². The Kier molecular flexibility index (Phi) is 3.41. The zero-order valence-electron chi connectivity index (χ0n) is 13.6. The van der Waals surface area contributed by atoms with E-state index in [0.29, 0.717) is 5.25 Å². The molecule has 0 saturated carbocycles. The van der Waals surface area contributed by atoms with Crippen LogP contribution < -0.4 is 0 Å². The highest BCUT2D eigenvalue weighted by Crippen LogP contribution is 2.49. The van der Waals surface area contributed by atoms with E-state index in [1.807, 2.05) is 11.8 Å². The molecule has 4 rings (SSSR count). The van der Waals surface area contributed by atoms with Crippen LogP contribution in [0.3, 0.4) is 0 Å². The smallest absolute Gasteiger partial charge is 0.0533 e. The number of fused-ring (bicyclic) bond motifs is 2. The Morgan fingerprint density at radius 3 is 2.77 bits per heavy atom. The highest BCUT2D eigenvalue weighted by atomic mass is 32.2. The Balaban J connectivity index is 1.57. The lowest BCUT2D eigenvalue weighted by Gasteiger charge is -2.19. The van der Waals surface area contributed by atoms with Gasteiger partial charge in [-0.2, -0.15) is 0 Å². The summed E-state index contributed by atoms with van der Waals surface area (Å²) >= 11 is 2.02. The Morgan fingerprint density at radius 1 is 1.14 bits per heavy atom. The molecule has 1 unspecified atom stereocenters. The van der Waals surface area contributed by atoms with Crippen LogP contribution in [0.4, 0.5) is 0 Å². The van der Waals surface area contributed by atoms with Gasteiger partial charge in [-0.05, 0) is 84.5 Å². The molecule has 0 bridgehead atoms. The van der Waals surface area contributed by atoms with Gasteiger partial charge in [0, 0.05) is 0 Å². The summed E-state index contributed by atoms with van der Waals surface area (Å²) in [7, 11) is 0. The molecule has 0 radical (unpaired) electrons. The molecule has 0 saturated heterocycles. The second kappa shape index (κ2) is 5.31. The Hall–Kier alpha value is -1.47. The number of thioether (sulfide) groups is 1. The summed E-state index contributed by atoms with van der Waals surface area (Å²) in [6.45, 7) is 6.80. The van der Waals surface area contributed by atoms with E-state index >= 15 is 0 Å². The van der Waals surface area contributed by atoms with Crippen molar-refractivity contribution in [2.24, 2.45) is 0 Å². The molecule has 1 atom stereocenters. The molecular weight excluding hydrogens is 284 g/mol. The minimum Gasteiger partial charge on any atom is -0.118 e. The molecule has 0 aromatic rings. The van der Waals surface area contributed by atoms with Gasteiger partial charge in [0.15, 0.2) is 0 Å². The van der Waals surface area contributed by atoms with E-state index in [4.69, 9.17) is 0 Å². The topological polar surface area (TPSA) is 0 Å². The van der Waals surface area contributed by atoms with E-state index in [0.717, 1.165) is 6.42 Å². The van der Waals surface area contributed by atoms with Crippen LogP contribution in [0.15, 0.2) is 80.4 Å². The first kappa shape index (κ1) is 14.1. The third-order valence-electron chi connectivity index (χ3n) is 5.23. The average molecular weight is 306 g/mol. The lowest BCUT2D eigenvalue weighted by Crippen LogP contribution is -2.07. The normalized spacial score (nSPS) is 26.0. The van der Waals surface area contributed by atoms with Crippen LogP contribution in [0.25, 0.3) is 0 Å². The third-order valence-corrected chi connectivity index (χ3v) is 6.53. The van der Waals surface area contributed by atoms with Gasteiger partial charge in [-0.1, -0.05) is 36.0 Å². The highest BCUT2D eigenvalue weighted by molar-refractivity contribution is 8.04. The molecule has 112 valence electrons. The van der Waals surface area contributed by atoms with E-state index in [9.17, 15) is 0 Å². The van der Waals surface area contributed by atoms with Gasteiger partial charge in [-0.15, -0.1) is 11.8 Å². The fourth-order valence-corrected chi connectivity index (χ4v) is 5.04. The monoisotopic (exact) mass is 306 g/mol. The van der Waals surface area contributed by atoms with E-state index in [-0.39, 0.29) is 0 Å². The lowest BCUT2D eigenvalue weighted by molar-refractivity contribution is 0.908. The second-order valence-corrected chi connectivity index (χ2v) is 7.97. The largest absolute Gasteiger partial charge is 0.118 e. The Labute approximate surface area is 137 Å². The van der Waals surface area contributed by atoms with Gasteiger partial charge in [-0.3, -0.25) is 0 Å². The molecule has 3 aliphatic carbocycles. The molecule has 1 heterocycles. The highest BCUT2D eigenvalue weighted by Gasteiger charge is 2.31. The van der Waals surface area contributed by atoms with Crippen molar-refractivity contribution in [3.05, 3.63) is 80.4 Å². The maximum Gasteiger partial charge on any atom is 0.0533 e. The van der Waals surface area contributed by atoms with E-state index in [1.54, 1.807) is 11.1 Å². The molecule has 0 aromatic heterocycles. The van der Waals surface area contributed by atoms with Crippen molar-refractivity contribution in [1.29, 1.82) is 0 Å². The first-order valence-electron chi connectivity index (χ1n) is 8.18. The average Bonchev–Trinajstić information content (AvgIpc) is 3.16. The van der Waals surface area contributed by atoms with Crippen LogP contribution in [0.5, 0.6) is 0 Å². The predicted molar refractivity (Wildman–Crippen MR) is 97.8 cm³/mol. The molecule has 0 aromatic carbocycles. The van der Waals surface area contributed by atoms with Gasteiger partial charge in [0.05, 0.1) is 5.25 Å². The van der Waals surface area contributed by atoms with Gasteiger partial charge in [0.2, 0.25) is 0 Å². The molecule has 0 amide bonds. The van der Waals surface area contributed by atoms with Crippen molar-refractivity contribution < 1.29 is 0 Å². The summed E-state index contributed by atoms with van der Waals surface area (Å²) in [6, 6.07) is 0. The number of hydrogen-bond donors (Lipinski definition) is 0. The molecule has 22 heavy (non-hydrogen) atoms. The summed E-state index contributed by atoms with van der Waals surface area (Å²) in [5.41, 5.74) is 10.6. The van der Waals surface area contributed by atoms with Crippen molar-refractivity contribution in [3.8, 4) is 0 Å². The van der Waals surface area contributed by atoms with Crippen molar-refractivity contribution in [2.45, 2.75) is 45.3 Å². The maximum atomic E-state index is 2.51. The van der Waals surface area contributed by atoms with Crippen molar-refractivity contribution in [2.75, 3.05) is 0 Å². The predicted octanol–water partition coefficient (Wildman–Crippen LogP) is 6.19. The first-order chi connectivity index (χ1) is 10.6. The second-order valence-electron chi connectivity index (χ2n) is 6.62. The van der Waals surface area contributed by atoms with Crippen molar-refractivity contribution in [1.82, 2.24) is 0 Å². The molecule has 1 heteroatoms. The summed E-state index contributed by atoms with van der Waals surface area (Å²) < 4.78 is 0. The van der Waals surface area contributed by atoms with Gasteiger partial charge in [0.25, 0.3) is 0 Å². The minimum atomic E-state index is 0.542. The van der Waals surface area contributed by atoms with Gasteiger partial charge in [-0.25, -0.2) is 0 Å². The minimum absolute atomic E-state index is 0.542. The SMILES string of the molecule is CC1=C(CCC2=CC=CC2)C2=CC3SC(C)=C(C)C3=CC2=C1. The van der Waals surface area contributed by atoms with Gasteiger partial charge >= 0.3 is 0 Å². The number of allylic oxidation sites excluding steroid dienone is 12. The first-order valence-corrected chi connectivity index (χ1v) is 9.06. The van der Waals surface area contributed by atoms with Crippen LogP contribution in [-0.2, 0) is 0 Å². The summed E-state index contributed by atoms with van der Waals surface area (Å²) in [6.07, 6.45) is 17.6. The van der Waals surface area contributed by atoms with E-state index < -0.39 is 0 Å². The fourth-order valence-electron chi connectivity index (χ4n) is 3.79.